The number of amides is 3. The maximum atomic E-state index is 12.9. The van der Waals surface area contributed by atoms with Gasteiger partial charge >= 0.3 is 6.03 Å². The minimum atomic E-state index is -0.302. The average Bonchev–Trinajstić information content (AvgIpc) is 2.96. The van der Waals surface area contributed by atoms with Crippen molar-refractivity contribution in [2.24, 2.45) is 0 Å². The summed E-state index contributed by atoms with van der Waals surface area (Å²) >= 11 is 0. The molecule has 0 aliphatic carbocycles. The third-order valence-corrected chi connectivity index (χ3v) is 4.04. The van der Waals surface area contributed by atoms with Crippen molar-refractivity contribution in [3.05, 3.63) is 65.7 Å². The van der Waals surface area contributed by atoms with Gasteiger partial charge in [0.1, 0.15) is 12.4 Å². The first-order valence-electron chi connectivity index (χ1n) is 8.06. The lowest BCUT2D eigenvalue weighted by Crippen LogP contribution is -2.39. The summed E-state index contributed by atoms with van der Waals surface area (Å²) in [4.78, 5) is 31.5. The van der Waals surface area contributed by atoms with Gasteiger partial charge in [0.05, 0.1) is 0 Å². The van der Waals surface area contributed by atoms with Crippen LogP contribution in [0.3, 0.4) is 0 Å². The molecule has 0 spiro atoms. The summed E-state index contributed by atoms with van der Waals surface area (Å²) in [6, 6.07) is 9.54. The quantitative estimate of drug-likeness (QED) is 0.870. The average molecular weight is 342 g/mol. The van der Waals surface area contributed by atoms with Crippen LogP contribution in [0.1, 0.15) is 11.1 Å². The molecule has 25 heavy (non-hydrogen) atoms. The third-order valence-electron chi connectivity index (χ3n) is 4.04. The van der Waals surface area contributed by atoms with Crippen molar-refractivity contribution in [1.82, 2.24) is 20.1 Å². The van der Waals surface area contributed by atoms with Crippen LogP contribution in [0.15, 0.2) is 48.8 Å². The predicted octanol–water partition coefficient (Wildman–Crippen LogP) is 1.77. The Labute approximate surface area is 145 Å². The van der Waals surface area contributed by atoms with Gasteiger partial charge in [-0.05, 0) is 35.4 Å². The van der Waals surface area contributed by atoms with E-state index in [1.54, 1.807) is 29.4 Å². The number of aromatic nitrogens is 1. The maximum Gasteiger partial charge on any atom is 0.320 e. The van der Waals surface area contributed by atoms with Crippen molar-refractivity contribution in [2.75, 3.05) is 19.6 Å². The highest BCUT2D eigenvalue weighted by Crippen LogP contribution is 2.13. The fourth-order valence-corrected chi connectivity index (χ4v) is 2.67. The topological polar surface area (TPSA) is 65.5 Å². The van der Waals surface area contributed by atoms with Crippen molar-refractivity contribution >= 4 is 11.9 Å². The molecule has 6 nitrogen and oxygen atoms in total. The summed E-state index contributed by atoms with van der Waals surface area (Å²) in [5, 5.41) is 2.80. The van der Waals surface area contributed by atoms with Gasteiger partial charge in [0.25, 0.3) is 0 Å². The second kappa shape index (κ2) is 7.74. The monoisotopic (exact) mass is 342 g/mol. The first-order valence-corrected chi connectivity index (χ1v) is 8.06. The van der Waals surface area contributed by atoms with Crippen molar-refractivity contribution in [2.45, 2.75) is 13.1 Å². The van der Waals surface area contributed by atoms with Gasteiger partial charge in [0.15, 0.2) is 0 Å². The van der Waals surface area contributed by atoms with Gasteiger partial charge in [-0.25, -0.2) is 9.18 Å². The molecule has 1 aliphatic heterocycles. The summed E-state index contributed by atoms with van der Waals surface area (Å²) in [6.45, 7) is 1.90. The van der Waals surface area contributed by atoms with E-state index >= 15 is 0 Å². The van der Waals surface area contributed by atoms with Crippen molar-refractivity contribution in [1.29, 1.82) is 0 Å². The Bertz CT molecular complexity index is 737. The zero-order chi connectivity index (χ0) is 17.6. The summed E-state index contributed by atoms with van der Waals surface area (Å²) in [5.74, 6) is -0.502. The maximum absolute atomic E-state index is 12.9. The van der Waals surface area contributed by atoms with Crippen molar-refractivity contribution in [3.63, 3.8) is 0 Å². The number of rotatable bonds is 6. The normalized spacial score (nSPS) is 14.0. The number of urea groups is 1. The van der Waals surface area contributed by atoms with E-state index in [9.17, 15) is 14.0 Å². The van der Waals surface area contributed by atoms with Gasteiger partial charge in [0.2, 0.25) is 5.91 Å². The van der Waals surface area contributed by atoms with Gasteiger partial charge in [-0.3, -0.25) is 9.78 Å². The van der Waals surface area contributed by atoms with Crippen LogP contribution in [0.25, 0.3) is 0 Å². The smallest absolute Gasteiger partial charge is 0.320 e. The van der Waals surface area contributed by atoms with Gasteiger partial charge in [-0.2, -0.15) is 0 Å². The number of hydrogen-bond acceptors (Lipinski definition) is 3. The number of nitrogens with zero attached hydrogens (tertiary/aromatic N) is 3. The van der Waals surface area contributed by atoms with Crippen LogP contribution < -0.4 is 5.32 Å². The van der Waals surface area contributed by atoms with E-state index < -0.39 is 0 Å². The number of hydrogen-bond donors (Lipinski definition) is 1. The van der Waals surface area contributed by atoms with E-state index in [0.717, 1.165) is 11.1 Å². The molecule has 1 aromatic heterocycles. The minimum absolute atomic E-state index is 0.0316. The molecule has 1 aromatic carbocycles. The van der Waals surface area contributed by atoms with Gasteiger partial charge in [-0.1, -0.05) is 12.1 Å². The summed E-state index contributed by atoms with van der Waals surface area (Å²) < 4.78 is 12.9. The standard InChI is InChI=1S/C18H19FN4O2/c19-16-3-1-15(2-4-16)12-22-9-10-23(18(22)25)13-17(24)21-11-14-5-7-20-8-6-14/h1-8H,9-13H2,(H,21,24). The fraction of sp³-hybridized carbons (Fsp3) is 0.278. The zero-order valence-corrected chi connectivity index (χ0v) is 13.7. The molecule has 7 heteroatoms. The highest BCUT2D eigenvalue weighted by Gasteiger charge is 2.29. The van der Waals surface area contributed by atoms with Crippen LogP contribution in [-0.2, 0) is 17.9 Å². The minimum Gasteiger partial charge on any atom is -0.350 e. The van der Waals surface area contributed by atoms with Gasteiger partial charge in [0, 0.05) is 38.6 Å². The number of carbonyl (C=O) groups excluding carboxylic acids is 2. The molecule has 0 radical (unpaired) electrons. The lowest BCUT2D eigenvalue weighted by molar-refractivity contribution is -0.121. The molecule has 1 aliphatic rings. The van der Waals surface area contributed by atoms with Crippen LogP contribution in [0.2, 0.25) is 0 Å². The molecule has 0 atom stereocenters. The molecule has 1 N–H and O–H groups in total. The van der Waals surface area contributed by atoms with Gasteiger partial charge < -0.3 is 15.1 Å². The highest BCUT2D eigenvalue weighted by molar-refractivity contribution is 5.85. The zero-order valence-electron chi connectivity index (χ0n) is 13.7. The number of halogens is 1. The number of carbonyl (C=O) groups is 2. The lowest BCUT2D eigenvalue weighted by Gasteiger charge is -2.18. The van der Waals surface area contributed by atoms with Crippen LogP contribution in [0.4, 0.5) is 9.18 Å². The Balaban J connectivity index is 1.48. The van der Waals surface area contributed by atoms with Crippen LogP contribution >= 0.6 is 0 Å². The molecular formula is C18H19FN4O2. The van der Waals surface area contributed by atoms with Gasteiger partial charge in [-0.15, -0.1) is 0 Å². The van der Waals surface area contributed by atoms with E-state index in [2.05, 4.69) is 10.3 Å². The largest absolute Gasteiger partial charge is 0.350 e. The summed E-state index contributed by atoms with van der Waals surface area (Å²) in [5.41, 5.74) is 1.81. The van der Waals surface area contributed by atoms with E-state index in [0.29, 0.717) is 26.2 Å². The summed E-state index contributed by atoms with van der Waals surface area (Å²) in [7, 11) is 0. The third kappa shape index (κ3) is 4.53. The second-order valence-electron chi connectivity index (χ2n) is 5.88. The Morgan fingerprint density at radius 3 is 2.44 bits per heavy atom. The Morgan fingerprint density at radius 1 is 1.04 bits per heavy atom. The van der Waals surface area contributed by atoms with Crippen LogP contribution in [0.5, 0.6) is 0 Å². The molecule has 2 aromatic rings. The van der Waals surface area contributed by atoms with Crippen molar-refractivity contribution in [3.8, 4) is 0 Å². The Morgan fingerprint density at radius 2 is 1.72 bits per heavy atom. The SMILES string of the molecule is O=C(CN1CCN(Cc2ccc(F)cc2)C1=O)NCc1ccncc1. The molecule has 3 amide bonds. The highest BCUT2D eigenvalue weighted by atomic mass is 19.1. The molecule has 1 saturated heterocycles. The van der Waals surface area contributed by atoms with Crippen LogP contribution in [0, 0.1) is 5.82 Å². The molecule has 1 fully saturated rings. The van der Waals surface area contributed by atoms with E-state index in [1.165, 1.54) is 17.0 Å². The predicted molar refractivity (Wildman–Crippen MR) is 89.9 cm³/mol. The first kappa shape index (κ1) is 16.9. The van der Waals surface area contributed by atoms with E-state index in [-0.39, 0.29) is 24.3 Å². The van der Waals surface area contributed by atoms with Crippen molar-refractivity contribution < 1.29 is 14.0 Å². The number of nitrogens with one attached hydrogen (secondary N) is 1. The lowest BCUT2D eigenvalue weighted by atomic mass is 10.2. The molecular weight excluding hydrogens is 323 g/mol. The fourth-order valence-electron chi connectivity index (χ4n) is 2.67. The summed E-state index contributed by atoms with van der Waals surface area (Å²) in [6.07, 6.45) is 3.33. The molecule has 0 bridgehead atoms. The number of pyridine rings is 1. The Kier molecular flexibility index (Phi) is 5.23. The molecule has 2 heterocycles. The number of benzene rings is 1. The Hall–Kier alpha value is -2.96. The molecule has 3 rings (SSSR count). The molecule has 0 saturated carbocycles. The van der Waals surface area contributed by atoms with E-state index in [4.69, 9.17) is 0 Å². The molecule has 0 unspecified atom stereocenters. The van der Waals surface area contributed by atoms with Crippen LogP contribution in [-0.4, -0.2) is 46.4 Å². The first-order chi connectivity index (χ1) is 12.1. The van der Waals surface area contributed by atoms with E-state index in [1.807, 2.05) is 12.1 Å². The molecule has 130 valence electrons. The second-order valence-corrected chi connectivity index (χ2v) is 5.88.